The van der Waals surface area contributed by atoms with E-state index in [0.717, 1.165) is 4.57 Å². The number of carboxylic acid groups (broad SMARTS) is 1. The number of halogens is 2. The standard InChI is InChI=1S/C10H8F2N2O2/c1-14-7-5-3-2-4-6(7)13-8(14)10(11,12)9(15)16/h2-5H,1H3,(H,15,16). The maximum Gasteiger partial charge on any atom is 0.399 e. The predicted octanol–water partition coefficient (Wildman–Crippen LogP) is 1.75. The molecule has 2 aromatic rings. The first kappa shape index (κ1) is 10.5. The van der Waals surface area contributed by atoms with E-state index >= 15 is 0 Å². The van der Waals surface area contributed by atoms with Gasteiger partial charge in [0, 0.05) is 7.05 Å². The number of carbonyl (C=O) groups is 1. The highest BCUT2D eigenvalue weighted by Crippen LogP contribution is 2.29. The fraction of sp³-hybridized carbons (Fsp3) is 0.200. The van der Waals surface area contributed by atoms with Crippen molar-refractivity contribution in [3.63, 3.8) is 0 Å². The third-order valence-electron chi connectivity index (χ3n) is 2.34. The minimum absolute atomic E-state index is 0.348. The smallest absolute Gasteiger partial charge is 0.399 e. The minimum Gasteiger partial charge on any atom is -0.476 e. The summed E-state index contributed by atoms with van der Waals surface area (Å²) in [6.07, 6.45) is 0. The fourth-order valence-electron chi connectivity index (χ4n) is 1.52. The molecule has 0 aliphatic rings. The molecule has 6 heteroatoms. The number of nitrogens with zero attached hydrogens (tertiary/aromatic N) is 2. The van der Waals surface area contributed by atoms with Gasteiger partial charge in [-0.25, -0.2) is 9.78 Å². The number of para-hydroxylation sites is 2. The Morgan fingerprint density at radius 2 is 2.06 bits per heavy atom. The molecule has 4 nitrogen and oxygen atoms in total. The number of aliphatic carboxylic acids is 1. The van der Waals surface area contributed by atoms with Crippen LogP contribution >= 0.6 is 0 Å². The zero-order valence-electron chi connectivity index (χ0n) is 8.32. The van der Waals surface area contributed by atoms with Crippen LogP contribution in [0.25, 0.3) is 11.0 Å². The van der Waals surface area contributed by atoms with Gasteiger partial charge < -0.3 is 9.67 Å². The monoisotopic (exact) mass is 226 g/mol. The minimum atomic E-state index is -3.98. The van der Waals surface area contributed by atoms with Gasteiger partial charge in [-0.1, -0.05) is 12.1 Å². The van der Waals surface area contributed by atoms with Gasteiger partial charge in [0.1, 0.15) is 0 Å². The summed E-state index contributed by atoms with van der Waals surface area (Å²) in [6, 6.07) is 6.48. The fourth-order valence-corrected chi connectivity index (χ4v) is 1.52. The number of hydrogen-bond donors (Lipinski definition) is 1. The van der Waals surface area contributed by atoms with Crippen LogP contribution in [0.15, 0.2) is 24.3 Å². The molecule has 0 amide bonds. The zero-order valence-corrected chi connectivity index (χ0v) is 8.32. The predicted molar refractivity (Wildman–Crippen MR) is 52.2 cm³/mol. The summed E-state index contributed by atoms with van der Waals surface area (Å²) >= 11 is 0. The van der Waals surface area contributed by atoms with Crippen molar-refractivity contribution in [2.24, 2.45) is 7.05 Å². The number of alkyl halides is 2. The van der Waals surface area contributed by atoms with E-state index in [0.29, 0.717) is 11.0 Å². The molecule has 0 saturated carbocycles. The number of fused-ring (bicyclic) bond motifs is 1. The summed E-state index contributed by atoms with van der Waals surface area (Å²) in [5, 5.41) is 8.44. The highest BCUT2D eigenvalue weighted by molar-refractivity contribution is 5.80. The van der Waals surface area contributed by atoms with Gasteiger partial charge in [0.05, 0.1) is 11.0 Å². The Hall–Kier alpha value is -1.98. The molecule has 0 atom stereocenters. The molecule has 1 aromatic carbocycles. The van der Waals surface area contributed by atoms with Crippen LogP contribution in [0, 0.1) is 0 Å². The molecule has 2 rings (SSSR count). The van der Waals surface area contributed by atoms with Crippen molar-refractivity contribution < 1.29 is 18.7 Å². The average molecular weight is 226 g/mol. The average Bonchev–Trinajstić information content (AvgIpc) is 2.57. The second-order valence-electron chi connectivity index (χ2n) is 3.36. The first-order chi connectivity index (χ1) is 7.44. The largest absolute Gasteiger partial charge is 0.476 e. The molecule has 1 aromatic heterocycles. The number of aryl methyl sites for hydroxylation is 1. The number of carboxylic acids is 1. The van der Waals surface area contributed by atoms with E-state index in [1.165, 1.54) is 7.05 Å². The van der Waals surface area contributed by atoms with E-state index in [2.05, 4.69) is 4.98 Å². The molecular weight excluding hydrogens is 218 g/mol. The van der Waals surface area contributed by atoms with E-state index in [1.807, 2.05) is 0 Å². The lowest BCUT2D eigenvalue weighted by Gasteiger charge is -2.10. The first-order valence-corrected chi connectivity index (χ1v) is 4.47. The highest BCUT2D eigenvalue weighted by Gasteiger charge is 2.45. The van der Waals surface area contributed by atoms with Gasteiger partial charge in [-0.3, -0.25) is 0 Å². The molecule has 0 unspecified atom stereocenters. The van der Waals surface area contributed by atoms with E-state index in [9.17, 15) is 13.6 Å². The Kier molecular flexibility index (Phi) is 2.15. The first-order valence-electron chi connectivity index (χ1n) is 4.47. The van der Waals surface area contributed by atoms with Gasteiger partial charge in [-0.05, 0) is 12.1 Å². The Labute approximate surface area is 89.1 Å². The van der Waals surface area contributed by atoms with E-state index in [4.69, 9.17) is 5.11 Å². The molecule has 0 saturated heterocycles. The SMILES string of the molecule is Cn1c(C(F)(F)C(=O)O)nc2ccccc21. The van der Waals surface area contributed by atoms with Gasteiger partial charge in [-0.2, -0.15) is 8.78 Å². The van der Waals surface area contributed by atoms with Crippen molar-refractivity contribution in [1.82, 2.24) is 9.55 Å². The van der Waals surface area contributed by atoms with Crippen LogP contribution in [0.2, 0.25) is 0 Å². The molecule has 0 aliphatic heterocycles. The number of aromatic nitrogens is 2. The lowest BCUT2D eigenvalue weighted by Crippen LogP contribution is -2.28. The number of rotatable bonds is 2. The Morgan fingerprint density at radius 1 is 1.44 bits per heavy atom. The van der Waals surface area contributed by atoms with Crippen molar-refractivity contribution in [3.8, 4) is 0 Å². The second-order valence-corrected chi connectivity index (χ2v) is 3.36. The Balaban J connectivity index is 2.71. The normalized spacial score (nSPS) is 11.9. The van der Waals surface area contributed by atoms with Crippen LogP contribution in [0.1, 0.15) is 5.82 Å². The van der Waals surface area contributed by atoms with Gasteiger partial charge >= 0.3 is 11.9 Å². The highest BCUT2D eigenvalue weighted by atomic mass is 19.3. The molecule has 0 radical (unpaired) electrons. The molecule has 0 bridgehead atoms. The van der Waals surface area contributed by atoms with Gasteiger partial charge in [0.15, 0.2) is 5.82 Å². The second kappa shape index (κ2) is 3.26. The van der Waals surface area contributed by atoms with Crippen LogP contribution in [0.4, 0.5) is 8.78 Å². The molecule has 1 heterocycles. The van der Waals surface area contributed by atoms with Crippen molar-refractivity contribution in [3.05, 3.63) is 30.1 Å². The Morgan fingerprint density at radius 3 is 2.62 bits per heavy atom. The third kappa shape index (κ3) is 1.34. The van der Waals surface area contributed by atoms with Crippen LogP contribution < -0.4 is 0 Å². The molecule has 16 heavy (non-hydrogen) atoms. The summed E-state index contributed by atoms with van der Waals surface area (Å²) in [7, 11) is 1.36. The Bertz CT molecular complexity index is 563. The maximum atomic E-state index is 13.3. The quantitative estimate of drug-likeness (QED) is 0.848. The van der Waals surface area contributed by atoms with E-state index in [-0.39, 0.29) is 0 Å². The molecule has 84 valence electrons. The summed E-state index contributed by atoms with van der Waals surface area (Å²) in [5.74, 6) is -6.94. The molecular formula is C10H8F2N2O2. The zero-order chi connectivity index (χ0) is 11.9. The molecule has 0 aliphatic carbocycles. The third-order valence-corrected chi connectivity index (χ3v) is 2.34. The van der Waals surface area contributed by atoms with Crippen LogP contribution in [-0.2, 0) is 17.8 Å². The molecule has 1 N–H and O–H groups in total. The van der Waals surface area contributed by atoms with Crippen LogP contribution in [-0.4, -0.2) is 20.6 Å². The lowest BCUT2D eigenvalue weighted by atomic mass is 10.3. The maximum absolute atomic E-state index is 13.3. The number of hydrogen-bond acceptors (Lipinski definition) is 2. The van der Waals surface area contributed by atoms with Crippen LogP contribution in [0.3, 0.4) is 0 Å². The summed E-state index contributed by atoms with van der Waals surface area (Å²) in [4.78, 5) is 14.1. The summed E-state index contributed by atoms with van der Waals surface area (Å²) in [6.45, 7) is 0. The summed E-state index contributed by atoms with van der Waals surface area (Å²) in [5.41, 5.74) is 0.819. The van der Waals surface area contributed by atoms with E-state index in [1.54, 1.807) is 24.3 Å². The van der Waals surface area contributed by atoms with Crippen LogP contribution in [0.5, 0.6) is 0 Å². The van der Waals surface area contributed by atoms with Gasteiger partial charge in [0.25, 0.3) is 0 Å². The number of imidazole rings is 1. The molecule has 0 spiro atoms. The lowest BCUT2D eigenvalue weighted by molar-refractivity contribution is -0.167. The molecule has 0 fully saturated rings. The number of benzene rings is 1. The van der Waals surface area contributed by atoms with Gasteiger partial charge in [-0.15, -0.1) is 0 Å². The van der Waals surface area contributed by atoms with Crippen molar-refractivity contribution in [2.45, 2.75) is 5.92 Å². The van der Waals surface area contributed by atoms with Gasteiger partial charge in [0.2, 0.25) is 0 Å². The van der Waals surface area contributed by atoms with Crippen molar-refractivity contribution in [2.75, 3.05) is 0 Å². The van der Waals surface area contributed by atoms with E-state index < -0.39 is 17.7 Å². The summed E-state index contributed by atoms with van der Waals surface area (Å²) < 4.78 is 27.7. The van der Waals surface area contributed by atoms with Crippen molar-refractivity contribution >= 4 is 17.0 Å². The van der Waals surface area contributed by atoms with Crippen molar-refractivity contribution in [1.29, 1.82) is 0 Å². The topological polar surface area (TPSA) is 55.1 Å².